The number of hydrogen-bond acceptors (Lipinski definition) is 4. The van der Waals surface area contributed by atoms with Gasteiger partial charge in [0.05, 0.1) is 0 Å². The highest BCUT2D eigenvalue weighted by molar-refractivity contribution is 5.91. The van der Waals surface area contributed by atoms with Crippen molar-refractivity contribution in [1.82, 2.24) is 4.98 Å². The maximum Gasteiger partial charge on any atom is 0.310 e. The Kier molecular flexibility index (Phi) is 3.88. The second kappa shape index (κ2) is 6.01. The molecular weight excluding hydrogens is 228 g/mol. The maximum atomic E-state index is 8.62. The first-order valence-electron chi connectivity index (χ1n) is 5.25. The summed E-state index contributed by atoms with van der Waals surface area (Å²) >= 11 is 0. The van der Waals surface area contributed by atoms with Crippen LogP contribution in [0, 0.1) is 11.5 Å². The molecule has 0 aliphatic carbocycles. The Morgan fingerprint density at radius 2 is 1.89 bits per heavy atom. The standard InChI is InChI=1S/C13H10N4O/c14-10-16-13(17-11-6-8-15-9-7-11)18-12-4-2-1-3-5-12/h1-9H,(H,15,16,17). The fourth-order valence-electron chi connectivity index (χ4n) is 1.28. The van der Waals surface area contributed by atoms with Crippen molar-refractivity contribution in [2.24, 2.45) is 4.99 Å². The lowest BCUT2D eigenvalue weighted by atomic mass is 10.3. The van der Waals surface area contributed by atoms with Gasteiger partial charge in [0.15, 0.2) is 0 Å². The van der Waals surface area contributed by atoms with Gasteiger partial charge in [0.2, 0.25) is 6.19 Å². The third kappa shape index (κ3) is 3.32. The number of rotatable bonds is 2. The summed E-state index contributed by atoms with van der Waals surface area (Å²) in [6, 6.07) is 12.7. The van der Waals surface area contributed by atoms with Gasteiger partial charge >= 0.3 is 6.02 Å². The first-order valence-corrected chi connectivity index (χ1v) is 5.25. The smallest absolute Gasteiger partial charge is 0.310 e. The van der Waals surface area contributed by atoms with Gasteiger partial charge in [0, 0.05) is 18.1 Å². The van der Waals surface area contributed by atoms with E-state index in [1.807, 2.05) is 18.2 Å². The molecule has 0 spiro atoms. The van der Waals surface area contributed by atoms with E-state index in [2.05, 4.69) is 15.3 Å². The number of amidine groups is 1. The predicted octanol–water partition coefficient (Wildman–Crippen LogP) is 2.41. The lowest BCUT2D eigenvalue weighted by Crippen LogP contribution is -2.19. The number of ether oxygens (including phenoxy) is 1. The third-order valence-corrected chi connectivity index (χ3v) is 2.04. The van der Waals surface area contributed by atoms with Crippen LogP contribution >= 0.6 is 0 Å². The average Bonchev–Trinajstić information content (AvgIpc) is 2.41. The fraction of sp³-hybridized carbons (Fsp3) is 0. The Morgan fingerprint density at radius 3 is 2.56 bits per heavy atom. The highest BCUT2D eigenvalue weighted by Crippen LogP contribution is 2.10. The lowest BCUT2D eigenvalue weighted by Gasteiger charge is -2.09. The van der Waals surface area contributed by atoms with E-state index in [0.29, 0.717) is 5.75 Å². The molecule has 0 aliphatic rings. The zero-order chi connectivity index (χ0) is 12.6. The predicted molar refractivity (Wildman–Crippen MR) is 68.0 cm³/mol. The van der Waals surface area contributed by atoms with Crippen molar-refractivity contribution < 1.29 is 4.74 Å². The van der Waals surface area contributed by atoms with E-state index >= 15 is 0 Å². The number of benzene rings is 1. The van der Waals surface area contributed by atoms with Crippen molar-refractivity contribution in [3.05, 3.63) is 54.9 Å². The molecule has 0 atom stereocenters. The lowest BCUT2D eigenvalue weighted by molar-refractivity contribution is 0.549. The minimum absolute atomic E-state index is 0.120. The van der Waals surface area contributed by atoms with Crippen LogP contribution in [0.2, 0.25) is 0 Å². The number of nitrogens with one attached hydrogen (secondary N) is 1. The van der Waals surface area contributed by atoms with Crippen LogP contribution in [0.25, 0.3) is 0 Å². The van der Waals surface area contributed by atoms with Crippen LogP contribution in [0.4, 0.5) is 5.69 Å². The molecule has 0 fully saturated rings. The molecule has 0 radical (unpaired) electrons. The Morgan fingerprint density at radius 1 is 1.17 bits per heavy atom. The van der Waals surface area contributed by atoms with Gasteiger partial charge in [-0.2, -0.15) is 5.26 Å². The Balaban J connectivity index is 2.11. The molecule has 0 saturated carbocycles. The second-order valence-electron chi connectivity index (χ2n) is 3.29. The van der Waals surface area contributed by atoms with Crippen LogP contribution in [0.15, 0.2) is 59.9 Å². The van der Waals surface area contributed by atoms with Crippen LogP contribution in [0.5, 0.6) is 5.75 Å². The van der Waals surface area contributed by atoms with Crippen LogP contribution in [0.1, 0.15) is 0 Å². The molecule has 18 heavy (non-hydrogen) atoms. The number of para-hydroxylation sites is 1. The van der Waals surface area contributed by atoms with Crippen molar-refractivity contribution in [1.29, 1.82) is 5.26 Å². The number of pyridine rings is 1. The summed E-state index contributed by atoms with van der Waals surface area (Å²) in [6.45, 7) is 0. The van der Waals surface area contributed by atoms with E-state index in [0.717, 1.165) is 5.69 Å². The van der Waals surface area contributed by atoms with Gasteiger partial charge in [-0.25, -0.2) is 0 Å². The summed E-state index contributed by atoms with van der Waals surface area (Å²) in [5.74, 6) is 0.605. The molecular formula is C13H10N4O. The van der Waals surface area contributed by atoms with Crippen LogP contribution < -0.4 is 10.1 Å². The van der Waals surface area contributed by atoms with Crippen molar-refractivity contribution >= 4 is 11.7 Å². The highest BCUT2D eigenvalue weighted by atomic mass is 16.5. The van der Waals surface area contributed by atoms with Crippen LogP contribution in [-0.2, 0) is 0 Å². The number of anilines is 1. The Hall–Kier alpha value is -2.87. The van der Waals surface area contributed by atoms with Gasteiger partial charge in [-0.1, -0.05) is 18.2 Å². The summed E-state index contributed by atoms with van der Waals surface area (Å²) in [5.41, 5.74) is 0.745. The average molecular weight is 238 g/mol. The van der Waals surface area contributed by atoms with Gasteiger partial charge in [-0.3, -0.25) is 4.98 Å². The van der Waals surface area contributed by atoms with Crippen LogP contribution in [-0.4, -0.2) is 11.0 Å². The maximum absolute atomic E-state index is 8.62. The van der Waals surface area contributed by atoms with Crippen LogP contribution in [0.3, 0.4) is 0 Å². The molecule has 2 rings (SSSR count). The van der Waals surface area contributed by atoms with Crippen molar-refractivity contribution in [3.8, 4) is 11.9 Å². The molecule has 0 amide bonds. The Labute approximate surface area is 104 Å². The number of hydrogen-bond donors (Lipinski definition) is 1. The van der Waals surface area contributed by atoms with Gasteiger partial charge in [-0.05, 0) is 24.3 Å². The number of nitrogens with zero attached hydrogens (tertiary/aromatic N) is 3. The molecule has 1 aromatic carbocycles. The number of aromatic nitrogens is 1. The molecule has 5 heteroatoms. The molecule has 0 aliphatic heterocycles. The van der Waals surface area contributed by atoms with E-state index in [-0.39, 0.29) is 6.02 Å². The molecule has 1 heterocycles. The molecule has 1 N–H and O–H groups in total. The minimum Gasteiger partial charge on any atom is -0.425 e. The van der Waals surface area contributed by atoms with Gasteiger partial charge in [0.1, 0.15) is 5.75 Å². The Bertz CT molecular complexity index is 517. The van der Waals surface area contributed by atoms with E-state index in [1.165, 1.54) is 0 Å². The molecule has 88 valence electrons. The largest absolute Gasteiger partial charge is 0.425 e. The molecule has 0 saturated heterocycles. The van der Waals surface area contributed by atoms with E-state index in [1.54, 1.807) is 42.9 Å². The first-order chi connectivity index (χ1) is 8.88. The summed E-state index contributed by atoms with van der Waals surface area (Å²) in [5, 5.41) is 11.5. The summed E-state index contributed by atoms with van der Waals surface area (Å²) in [7, 11) is 0. The van der Waals surface area contributed by atoms with Gasteiger partial charge in [-0.15, -0.1) is 4.99 Å². The van der Waals surface area contributed by atoms with Gasteiger partial charge in [0.25, 0.3) is 0 Å². The number of aliphatic imine (C=N–C) groups is 1. The summed E-state index contributed by atoms with van der Waals surface area (Å²) in [4.78, 5) is 7.48. The molecule has 5 nitrogen and oxygen atoms in total. The van der Waals surface area contributed by atoms with Gasteiger partial charge < -0.3 is 10.1 Å². The molecule has 0 bridgehead atoms. The first kappa shape index (κ1) is 11.6. The second-order valence-corrected chi connectivity index (χ2v) is 3.29. The molecule has 2 aromatic rings. The van der Waals surface area contributed by atoms with E-state index in [4.69, 9.17) is 10.00 Å². The normalized spacial score (nSPS) is 10.5. The van der Waals surface area contributed by atoms with E-state index < -0.39 is 0 Å². The quantitative estimate of drug-likeness (QED) is 0.495. The summed E-state index contributed by atoms with van der Waals surface area (Å²) < 4.78 is 5.45. The highest BCUT2D eigenvalue weighted by Gasteiger charge is 2.03. The summed E-state index contributed by atoms with van der Waals surface area (Å²) in [6.07, 6.45) is 4.96. The monoisotopic (exact) mass is 238 g/mol. The molecule has 1 aromatic heterocycles. The van der Waals surface area contributed by atoms with Crippen molar-refractivity contribution in [2.75, 3.05) is 5.32 Å². The van der Waals surface area contributed by atoms with Crippen molar-refractivity contribution in [2.45, 2.75) is 0 Å². The SMILES string of the molecule is N#C/N=C(/Nc1ccncc1)Oc1ccccc1. The zero-order valence-corrected chi connectivity index (χ0v) is 9.45. The van der Waals surface area contributed by atoms with Crippen molar-refractivity contribution in [3.63, 3.8) is 0 Å². The topological polar surface area (TPSA) is 70.3 Å². The fourth-order valence-corrected chi connectivity index (χ4v) is 1.28. The molecule has 0 unspecified atom stereocenters. The minimum atomic E-state index is 0.120. The number of nitriles is 1. The van der Waals surface area contributed by atoms with E-state index in [9.17, 15) is 0 Å². The zero-order valence-electron chi connectivity index (χ0n) is 9.45. The third-order valence-electron chi connectivity index (χ3n) is 2.04.